The van der Waals surface area contributed by atoms with Crippen molar-refractivity contribution >= 4 is 34.1 Å². The van der Waals surface area contributed by atoms with Crippen LogP contribution < -0.4 is 11.4 Å². The molecule has 2 N–H and O–H groups in total. The number of carbonyl (C=O) groups excluding carboxylic acids is 1. The van der Waals surface area contributed by atoms with Gasteiger partial charge in [0.25, 0.3) is 11.2 Å². The fraction of sp³-hybridized carbons (Fsp3) is 0.0625. The number of nitrogens with zero attached hydrogens (tertiary/aromatic N) is 3. The Bertz CT molecular complexity index is 1030. The molecule has 0 aliphatic heterocycles. The van der Waals surface area contributed by atoms with Gasteiger partial charge in [-0.25, -0.2) is 9.66 Å². The third-order valence-electron chi connectivity index (χ3n) is 3.51. The number of para-hydroxylation sites is 1. The van der Waals surface area contributed by atoms with Gasteiger partial charge in [-0.15, -0.1) is 0 Å². The molecule has 3 aromatic rings. The number of nitrogens with two attached hydrogens (primary N) is 1. The molecule has 1 heterocycles. The lowest BCUT2D eigenvalue weighted by molar-refractivity contribution is -0.384. The summed E-state index contributed by atoms with van der Waals surface area (Å²) >= 11 is 1.03. The molecule has 126 valence electrons. The second-order valence-electron chi connectivity index (χ2n) is 5.10. The van der Waals surface area contributed by atoms with E-state index in [1.807, 2.05) is 0 Å². The number of carbonyl (C=O) groups is 1. The number of nitro benzene ring substituents is 1. The van der Waals surface area contributed by atoms with E-state index in [4.69, 9.17) is 5.84 Å². The first kappa shape index (κ1) is 16.7. The number of hydrogen-bond acceptors (Lipinski definition) is 7. The summed E-state index contributed by atoms with van der Waals surface area (Å²) in [5.41, 5.74) is 0.358. The quantitative estimate of drug-likeness (QED) is 0.185. The molecular formula is C16H12N4O4S. The maximum atomic E-state index is 12.2. The number of aromatic nitrogens is 2. The van der Waals surface area contributed by atoms with Gasteiger partial charge < -0.3 is 5.84 Å². The van der Waals surface area contributed by atoms with Gasteiger partial charge in [-0.05, 0) is 24.3 Å². The van der Waals surface area contributed by atoms with E-state index < -0.39 is 10.5 Å². The van der Waals surface area contributed by atoms with Crippen LogP contribution in [-0.4, -0.2) is 26.1 Å². The first-order valence-electron chi connectivity index (χ1n) is 7.14. The molecule has 3 rings (SSSR count). The highest BCUT2D eigenvalue weighted by Crippen LogP contribution is 2.19. The average molecular weight is 356 g/mol. The van der Waals surface area contributed by atoms with Crippen molar-refractivity contribution in [1.29, 1.82) is 0 Å². The number of fused-ring (bicyclic) bond motifs is 1. The summed E-state index contributed by atoms with van der Waals surface area (Å²) in [6, 6.07) is 12.1. The van der Waals surface area contributed by atoms with Crippen LogP contribution in [-0.2, 0) is 0 Å². The summed E-state index contributed by atoms with van der Waals surface area (Å²) < 4.78 is 0.913. The third kappa shape index (κ3) is 3.36. The van der Waals surface area contributed by atoms with Crippen LogP contribution >= 0.6 is 11.8 Å². The number of thioether (sulfide) groups is 1. The molecule has 0 spiro atoms. The SMILES string of the molecule is Nn1c(SCC(=O)c2ccc([N+](=O)[O-])cc2)nc2ccccc2c1=O. The molecule has 1 aromatic heterocycles. The van der Waals surface area contributed by atoms with Crippen molar-refractivity contribution in [3.63, 3.8) is 0 Å². The number of Topliss-reactive ketones (excluding diaryl/α,β-unsaturated/α-hetero) is 1. The molecule has 9 heteroatoms. The monoisotopic (exact) mass is 356 g/mol. The number of rotatable bonds is 5. The molecule has 2 aromatic carbocycles. The average Bonchev–Trinajstić information content (AvgIpc) is 2.63. The van der Waals surface area contributed by atoms with Crippen molar-refractivity contribution in [2.45, 2.75) is 5.16 Å². The van der Waals surface area contributed by atoms with Gasteiger partial charge in [0.1, 0.15) is 0 Å². The molecular weight excluding hydrogens is 344 g/mol. The van der Waals surface area contributed by atoms with Crippen LogP contribution in [0.2, 0.25) is 0 Å². The van der Waals surface area contributed by atoms with Crippen molar-refractivity contribution in [1.82, 2.24) is 9.66 Å². The van der Waals surface area contributed by atoms with Crippen molar-refractivity contribution in [3.8, 4) is 0 Å². The minimum atomic E-state index is -0.533. The van der Waals surface area contributed by atoms with Crippen molar-refractivity contribution in [3.05, 3.63) is 74.6 Å². The highest BCUT2D eigenvalue weighted by atomic mass is 32.2. The van der Waals surface area contributed by atoms with Crippen LogP contribution in [0.1, 0.15) is 10.4 Å². The third-order valence-corrected chi connectivity index (χ3v) is 4.46. The van der Waals surface area contributed by atoms with Gasteiger partial charge in [-0.3, -0.25) is 19.7 Å². The van der Waals surface area contributed by atoms with Crippen molar-refractivity contribution in [2.75, 3.05) is 11.6 Å². The van der Waals surface area contributed by atoms with Crippen LogP contribution in [0.4, 0.5) is 5.69 Å². The van der Waals surface area contributed by atoms with Crippen LogP contribution in [0.5, 0.6) is 0 Å². The summed E-state index contributed by atoms with van der Waals surface area (Å²) in [5.74, 6) is 5.51. The minimum Gasteiger partial charge on any atom is -0.334 e. The van der Waals surface area contributed by atoms with E-state index in [9.17, 15) is 19.7 Å². The van der Waals surface area contributed by atoms with Gasteiger partial charge >= 0.3 is 0 Å². The van der Waals surface area contributed by atoms with Crippen molar-refractivity contribution in [2.24, 2.45) is 0 Å². The maximum Gasteiger partial charge on any atom is 0.280 e. The van der Waals surface area contributed by atoms with Crippen LogP contribution in [0.25, 0.3) is 10.9 Å². The molecule has 8 nitrogen and oxygen atoms in total. The van der Waals surface area contributed by atoms with Gasteiger partial charge in [-0.1, -0.05) is 23.9 Å². The van der Waals surface area contributed by atoms with E-state index in [1.54, 1.807) is 24.3 Å². The van der Waals surface area contributed by atoms with Gasteiger partial charge in [0.05, 0.1) is 21.6 Å². The Labute approximate surface area is 145 Å². The number of ketones is 1. The fourth-order valence-corrected chi connectivity index (χ4v) is 3.02. The van der Waals surface area contributed by atoms with E-state index in [0.717, 1.165) is 16.4 Å². The molecule has 0 aliphatic rings. The molecule has 0 radical (unpaired) electrons. The molecule has 0 atom stereocenters. The van der Waals surface area contributed by atoms with Crippen LogP contribution in [0.3, 0.4) is 0 Å². The smallest absolute Gasteiger partial charge is 0.280 e. The topological polar surface area (TPSA) is 121 Å². The van der Waals surface area contributed by atoms with Crippen molar-refractivity contribution < 1.29 is 9.72 Å². The Balaban J connectivity index is 1.80. The molecule has 0 saturated carbocycles. The summed E-state index contributed by atoms with van der Waals surface area (Å²) in [6.45, 7) is 0. The largest absolute Gasteiger partial charge is 0.334 e. The second-order valence-corrected chi connectivity index (χ2v) is 6.05. The summed E-state index contributed by atoms with van der Waals surface area (Å²) in [6.07, 6.45) is 0. The van der Waals surface area contributed by atoms with Crippen LogP contribution in [0.15, 0.2) is 58.5 Å². The molecule has 0 amide bonds. The highest BCUT2D eigenvalue weighted by molar-refractivity contribution is 7.99. The van der Waals surface area contributed by atoms with Gasteiger partial charge in [-0.2, -0.15) is 0 Å². The van der Waals surface area contributed by atoms with E-state index in [-0.39, 0.29) is 22.4 Å². The highest BCUT2D eigenvalue weighted by Gasteiger charge is 2.13. The van der Waals surface area contributed by atoms with E-state index in [2.05, 4.69) is 4.98 Å². The van der Waals surface area contributed by atoms with E-state index in [1.165, 1.54) is 24.3 Å². The Morgan fingerprint density at radius 3 is 2.56 bits per heavy atom. The zero-order valence-corrected chi connectivity index (χ0v) is 13.6. The van der Waals surface area contributed by atoms with E-state index >= 15 is 0 Å². The summed E-state index contributed by atoms with van der Waals surface area (Å²) in [5, 5.41) is 11.3. The molecule has 0 fully saturated rings. The number of non-ortho nitro benzene ring substituents is 1. The lowest BCUT2D eigenvalue weighted by Gasteiger charge is -2.08. The number of hydrogen-bond donors (Lipinski definition) is 1. The zero-order valence-electron chi connectivity index (χ0n) is 12.8. The Hall–Kier alpha value is -3.20. The second kappa shape index (κ2) is 6.73. The number of nitro groups is 1. The normalized spacial score (nSPS) is 10.7. The molecule has 0 saturated heterocycles. The number of nitrogen functional groups attached to an aromatic ring is 1. The van der Waals surface area contributed by atoms with Gasteiger partial charge in [0.2, 0.25) is 0 Å². The fourth-order valence-electron chi connectivity index (χ4n) is 2.21. The van der Waals surface area contributed by atoms with Gasteiger partial charge in [0, 0.05) is 17.7 Å². The molecule has 25 heavy (non-hydrogen) atoms. The summed E-state index contributed by atoms with van der Waals surface area (Å²) in [4.78, 5) is 38.8. The lowest BCUT2D eigenvalue weighted by atomic mass is 10.1. The van der Waals surface area contributed by atoms with E-state index in [0.29, 0.717) is 16.5 Å². The number of benzene rings is 2. The maximum absolute atomic E-state index is 12.2. The zero-order chi connectivity index (χ0) is 18.0. The first-order chi connectivity index (χ1) is 12.0. The predicted molar refractivity (Wildman–Crippen MR) is 94.3 cm³/mol. The Morgan fingerprint density at radius 1 is 1.20 bits per heavy atom. The van der Waals surface area contributed by atoms with Crippen LogP contribution in [0, 0.1) is 10.1 Å². The molecule has 0 aliphatic carbocycles. The Kier molecular flexibility index (Phi) is 4.48. The lowest BCUT2D eigenvalue weighted by Crippen LogP contribution is -2.30. The molecule has 0 unspecified atom stereocenters. The standard InChI is InChI=1S/C16H12N4O4S/c17-19-15(22)12-3-1-2-4-13(12)18-16(19)25-9-14(21)10-5-7-11(8-6-10)20(23)24/h1-8H,9,17H2. The first-order valence-corrected chi connectivity index (χ1v) is 8.13. The summed E-state index contributed by atoms with van der Waals surface area (Å²) in [7, 11) is 0. The Morgan fingerprint density at radius 2 is 1.88 bits per heavy atom. The molecule has 0 bridgehead atoms. The minimum absolute atomic E-state index is 0.000207. The predicted octanol–water partition coefficient (Wildman–Crippen LogP) is 1.99. The van der Waals surface area contributed by atoms with Gasteiger partial charge in [0.15, 0.2) is 10.9 Å².